The highest BCUT2D eigenvalue weighted by atomic mass is 19.4. The van der Waals surface area contributed by atoms with E-state index in [-0.39, 0.29) is 18.6 Å². The van der Waals surface area contributed by atoms with Gasteiger partial charge in [0.25, 0.3) is 0 Å². The van der Waals surface area contributed by atoms with E-state index in [0.717, 1.165) is 6.08 Å². The molecule has 1 nitrogen and oxygen atoms in total. The summed E-state index contributed by atoms with van der Waals surface area (Å²) in [5, 5.41) is 0. The van der Waals surface area contributed by atoms with Gasteiger partial charge in [-0.25, -0.2) is 0 Å². The summed E-state index contributed by atoms with van der Waals surface area (Å²) in [6, 6.07) is 0. The number of alkyl halides is 3. The van der Waals surface area contributed by atoms with Crippen molar-refractivity contribution in [3.05, 3.63) is 12.7 Å². The number of ketones is 1. The molecule has 64 valence electrons. The SMILES string of the molecule is C=CC(=O)CCCC(F)(F)F. The quantitative estimate of drug-likeness (QED) is 0.586. The molecule has 0 N–H and O–H groups in total. The molecule has 0 heterocycles. The fraction of sp³-hybridized carbons (Fsp3) is 0.571. The van der Waals surface area contributed by atoms with E-state index in [1.54, 1.807) is 0 Å². The van der Waals surface area contributed by atoms with E-state index >= 15 is 0 Å². The molecular formula is C7H9F3O. The van der Waals surface area contributed by atoms with Crippen LogP contribution >= 0.6 is 0 Å². The number of hydrogen-bond acceptors (Lipinski definition) is 1. The van der Waals surface area contributed by atoms with Crippen LogP contribution in [0.1, 0.15) is 19.3 Å². The average molecular weight is 166 g/mol. The zero-order valence-corrected chi connectivity index (χ0v) is 5.95. The molecule has 0 aromatic heterocycles. The number of rotatable bonds is 4. The second-order valence-corrected chi connectivity index (χ2v) is 2.14. The smallest absolute Gasteiger partial charge is 0.295 e. The van der Waals surface area contributed by atoms with Gasteiger partial charge in [-0.05, 0) is 12.5 Å². The van der Waals surface area contributed by atoms with E-state index in [1.807, 2.05) is 0 Å². The van der Waals surface area contributed by atoms with Gasteiger partial charge in [0, 0.05) is 12.8 Å². The van der Waals surface area contributed by atoms with Crippen LogP contribution in [-0.4, -0.2) is 12.0 Å². The molecule has 0 unspecified atom stereocenters. The lowest BCUT2D eigenvalue weighted by molar-refractivity contribution is -0.136. The molecule has 0 fully saturated rings. The number of carbonyl (C=O) groups is 1. The van der Waals surface area contributed by atoms with Gasteiger partial charge < -0.3 is 0 Å². The van der Waals surface area contributed by atoms with Crippen LogP contribution in [-0.2, 0) is 4.79 Å². The predicted octanol–water partition coefficient (Wildman–Crippen LogP) is 2.47. The van der Waals surface area contributed by atoms with E-state index in [0.29, 0.717) is 0 Å². The molecule has 0 amide bonds. The monoisotopic (exact) mass is 166 g/mol. The maximum absolute atomic E-state index is 11.5. The van der Waals surface area contributed by atoms with E-state index in [9.17, 15) is 18.0 Å². The molecule has 0 radical (unpaired) electrons. The second kappa shape index (κ2) is 4.16. The van der Waals surface area contributed by atoms with E-state index in [2.05, 4.69) is 6.58 Å². The third kappa shape index (κ3) is 7.09. The minimum Gasteiger partial charge on any atom is -0.295 e. The molecule has 0 bridgehead atoms. The summed E-state index contributed by atoms with van der Waals surface area (Å²) in [5.74, 6) is -0.339. The Kier molecular flexibility index (Phi) is 3.85. The fourth-order valence-corrected chi connectivity index (χ4v) is 0.565. The first-order valence-electron chi connectivity index (χ1n) is 3.18. The highest BCUT2D eigenvalue weighted by Gasteiger charge is 2.26. The Labute approximate surface area is 62.9 Å². The van der Waals surface area contributed by atoms with Crippen LogP contribution in [0.15, 0.2) is 12.7 Å². The van der Waals surface area contributed by atoms with E-state index in [1.165, 1.54) is 0 Å². The van der Waals surface area contributed by atoms with Crippen LogP contribution in [0.5, 0.6) is 0 Å². The topological polar surface area (TPSA) is 17.1 Å². The molecule has 0 saturated carbocycles. The van der Waals surface area contributed by atoms with E-state index in [4.69, 9.17) is 0 Å². The van der Waals surface area contributed by atoms with Gasteiger partial charge in [-0.1, -0.05) is 6.58 Å². The number of carbonyl (C=O) groups excluding carboxylic acids is 1. The minimum atomic E-state index is -4.15. The van der Waals surface area contributed by atoms with Crippen LogP contribution in [0.25, 0.3) is 0 Å². The molecule has 11 heavy (non-hydrogen) atoms. The average Bonchev–Trinajstić information content (AvgIpc) is 1.85. The Morgan fingerprint density at radius 2 is 2.00 bits per heavy atom. The standard InChI is InChI=1S/C7H9F3O/c1-2-6(11)4-3-5-7(8,9)10/h2H,1,3-5H2. The van der Waals surface area contributed by atoms with Gasteiger partial charge in [0.2, 0.25) is 0 Å². The van der Waals surface area contributed by atoms with Gasteiger partial charge in [-0.3, -0.25) is 4.79 Å². The summed E-state index contributed by atoms with van der Waals surface area (Å²) < 4.78 is 34.4. The third-order valence-electron chi connectivity index (χ3n) is 1.11. The minimum absolute atomic E-state index is 0.0665. The number of allylic oxidation sites excluding steroid dienone is 1. The van der Waals surface area contributed by atoms with Crippen molar-refractivity contribution >= 4 is 5.78 Å². The highest BCUT2D eigenvalue weighted by Crippen LogP contribution is 2.22. The molecule has 0 saturated heterocycles. The first-order chi connectivity index (χ1) is 4.95. The van der Waals surface area contributed by atoms with Crippen LogP contribution in [0.2, 0.25) is 0 Å². The lowest BCUT2D eigenvalue weighted by atomic mass is 10.2. The van der Waals surface area contributed by atoms with Crippen molar-refractivity contribution in [1.29, 1.82) is 0 Å². The molecule has 0 aromatic carbocycles. The Hall–Kier alpha value is -0.800. The van der Waals surface area contributed by atoms with Crippen molar-refractivity contribution in [2.75, 3.05) is 0 Å². The Morgan fingerprint density at radius 1 is 1.45 bits per heavy atom. The van der Waals surface area contributed by atoms with Gasteiger partial charge in [-0.15, -0.1) is 0 Å². The normalized spacial score (nSPS) is 11.2. The summed E-state index contributed by atoms with van der Waals surface area (Å²) in [5.41, 5.74) is 0. The Bertz CT molecular complexity index is 148. The van der Waals surface area contributed by atoms with Crippen LogP contribution in [0.3, 0.4) is 0 Å². The first kappa shape index (κ1) is 10.2. The predicted molar refractivity (Wildman–Crippen MR) is 35.1 cm³/mol. The summed E-state index contributed by atoms with van der Waals surface area (Å²) in [4.78, 5) is 10.4. The molecule has 0 atom stereocenters. The lowest BCUT2D eigenvalue weighted by Crippen LogP contribution is -2.07. The summed E-state index contributed by atoms with van der Waals surface area (Å²) in [6.07, 6.45) is -4.22. The number of hydrogen-bond donors (Lipinski definition) is 0. The van der Waals surface area contributed by atoms with Gasteiger partial charge in [0.05, 0.1) is 0 Å². The van der Waals surface area contributed by atoms with Crippen molar-refractivity contribution in [3.63, 3.8) is 0 Å². The van der Waals surface area contributed by atoms with Crippen molar-refractivity contribution in [2.24, 2.45) is 0 Å². The van der Waals surface area contributed by atoms with Crippen molar-refractivity contribution in [2.45, 2.75) is 25.4 Å². The molecule has 0 aliphatic rings. The van der Waals surface area contributed by atoms with Crippen molar-refractivity contribution in [3.8, 4) is 0 Å². The molecule has 0 aromatic rings. The maximum Gasteiger partial charge on any atom is 0.389 e. The van der Waals surface area contributed by atoms with Gasteiger partial charge in [-0.2, -0.15) is 13.2 Å². The Morgan fingerprint density at radius 3 is 2.36 bits per heavy atom. The molecule has 0 spiro atoms. The second-order valence-electron chi connectivity index (χ2n) is 2.14. The first-order valence-corrected chi connectivity index (χ1v) is 3.18. The van der Waals surface area contributed by atoms with E-state index < -0.39 is 12.6 Å². The van der Waals surface area contributed by atoms with Gasteiger partial charge in [0.15, 0.2) is 5.78 Å². The zero-order chi connectivity index (χ0) is 8.91. The molecule has 0 rings (SSSR count). The summed E-state index contributed by atoms with van der Waals surface area (Å²) in [7, 11) is 0. The van der Waals surface area contributed by atoms with Gasteiger partial charge in [0.1, 0.15) is 0 Å². The van der Waals surface area contributed by atoms with Crippen LogP contribution < -0.4 is 0 Å². The molecular weight excluding hydrogens is 157 g/mol. The zero-order valence-electron chi connectivity index (χ0n) is 5.95. The van der Waals surface area contributed by atoms with Crippen molar-refractivity contribution in [1.82, 2.24) is 0 Å². The largest absolute Gasteiger partial charge is 0.389 e. The summed E-state index contributed by atoms with van der Waals surface area (Å²) >= 11 is 0. The molecule has 0 aliphatic heterocycles. The van der Waals surface area contributed by atoms with Gasteiger partial charge >= 0.3 is 6.18 Å². The Balaban J connectivity index is 3.42. The molecule has 0 aliphatic carbocycles. The third-order valence-corrected chi connectivity index (χ3v) is 1.11. The lowest BCUT2D eigenvalue weighted by Gasteiger charge is -2.03. The maximum atomic E-state index is 11.5. The number of halogens is 3. The fourth-order valence-electron chi connectivity index (χ4n) is 0.565. The molecule has 4 heteroatoms. The van der Waals surface area contributed by atoms with Crippen molar-refractivity contribution < 1.29 is 18.0 Å². The summed E-state index contributed by atoms with van der Waals surface area (Å²) in [6.45, 7) is 3.14. The van der Waals surface area contributed by atoms with Crippen LogP contribution in [0.4, 0.5) is 13.2 Å². The highest BCUT2D eigenvalue weighted by molar-refractivity contribution is 5.88. The van der Waals surface area contributed by atoms with Crippen LogP contribution in [0, 0.1) is 0 Å².